The van der Waals surface area contributed by atoms with Crippen molar-refractivity contribution < 1.29 is 23.8 Å². The van der Waals surface area contributed by atoms with Crippen molar-refractivity contribution in [3.63, 3.8) is 0 Å². The molecule has 0 amide bonds. The number of methoxy groups -OCH3 is 1. The summed E-state index contributed by atoms with van der Waals surface area (Å²) in [5.74, 6) is 7.44. The lowest BCUT2D eigenvalue weighted by Crippen LogP contribution is -2.45. The number of allylic oxidation sites excluding steroid dienone is 9. The largest absolute Gasteiger partial charge is 0.491 e. The summed E-state index contributed by atoms with van der Waals surface area (Å²) in [4.78, 5) is 27.5. The van der Waals surface area contributed by atoms with Crippen LogP contribution in [0.1, 0.15) is 158 Å². The maximum atomic E-state index is 14.0. The van der Waals surface area contributed by atoms with Crippen LogP contribution in [0, 0.1) is 22.7 Å². The van der Waals surface area contributed by atoms with Crippen LogP contribution < -0.4 is 4.74 Å². The van der Waals surface area contributed by atoms with E-state index in [-0.39, 0.29) is 28.0 Å². The van der Waals surface area contributed by atoms with Crippen molar-refractivity contribution in [2.75, 3.05) is 7.11 Å². The molecule has 0 fully saturated rings. The Morgan fingerprint density at radius 2 is 1.28 bits per heavy atom. The van der Waals surface area contributed by atoms with E-state index in [0.29, 0.717) is 40.9 Å². The third kappa shape index (κ3) is 12.1. The van der Waals surface area contributed by atoms with E-state index in [1.54, 1.807) is 7.11 Å². The van der Waals surface area contributed by atoms with Gasteiger partial charge in [-0.15, -0.1) is 5.92 Å². The minimum Gasteiger partial charge on any atom is -0.491 e. The molecule has 0 atom stereocenters. The number of benzene rings is 2. The summed E-state index contributed by atoms with van der Waals surface area (Å²) in [7, 11) is 1.73. The van der Waals surface area contributed by atoms with Crippen molar-refractivity contribution in [1.82, 2.24) is 0 Å². The Hall–Kier alpha value is -4.40. The molecule has 2 aromatic carbocycles. The summed E-state index contributed by atoms with van der Waals surface area (Å²) < 4.78 is 18.9. The van der Waals surface area contributed by atoms with Gasteiger partial charge in [-0.05, 0) is 115 Å². The third-order valence-electron chi connectivity index (χ3n) is 12.8. The molecule has 316 valence electrons. The highest BCUT2D eigenvalue weighted by molar-refractivity contribution is 6.10. The van der Waals surface area contributed by atoms with Crippen LogP contribution in [0.3, 0.4) is 0 Å². The van der Waals surface area contributed by atoms with Gasteiger partial charge in [-0.2, -0.15) is 0 Å². The number of ether oxygens (including phenoxy) is 3. The summed E-state index contributed by atoms with van der Waals surface area (Å²) in [6.45, 7) is 35.4. The predicted octanol–water partition coefficient (Wildman–Crippen LogP) is 13.7. The molecular weight excluding hydrogens is 717 g/mol. The van der Waals surface area contributed by atoms with Gasteiger partial charge < -0.3 is 14.2 Å². The average Bonchev–Trinajstić information content (AvgIpc) is 3.15. The van der Waals surface area contributed by atoms with Gasteiger partial charge in [0.1, 0.15) is 22.7 Å². The van der Waals surface area contributed by atoms with Crippen molar-refractivity contribution in [3.05, 3.63) is 124 Å². The van der Waals surface area contributed by atoms with E-state index in [1.807, 2.05) is 107 Å². The van der Waals surface area contributed by atoms with Crippen LogP contribution in [0.4, 0.5) is 0 Å². The van der Waals surface area contributed by atoms with E-state index in [0.717, 1.165) is 23.3 Å². The Kier molecular flexibility index (Phi) is 17.2. The number of ketones is 2. The highest BCUT2D eigenvalue weighted by Gasteiger charge is 2.42. The lowest BCUT2D eigenvalue weighted by molar-refractivity contribution is -0.112. The molecule has 0 radical (unpaired) electrons. The van der Waals surface area contributed by atoms with Crippen molar-refractivity contribution in [2.45, 2.75) is 159 Å². The molecule has 2 aromatic rings. The van der Waals surface area contributed by atoms with Crippen LogP contribution in [0.25, 0.3) is 0 Å². The van der Waals surface area contributed by atoms with Crippen LogP contribution in [0.2, 0.25) is 0 Å². The van der Waals surface area contributed by atoms with E-state index in [1.165, 1.54) is 0 Å². The van der Waals surface area contributed by atoms with Gasteiger partial charge in [-0.1, -0.05) is 123 Å². The van der Waals surface area contributed by atoms with Crippen LogP contribution in [-0.4, -0.2) is 35.5 Å². The van der Waals surface area contributed by atoms with Gasteiger partial charge in [0.25, 0.3) is 0 Å². The van der Waals surface area contributed by atoms with Gasteiger partial charge in [0.15, 0.2) is 11.6 Å². The zero-order valence-corrected chi connectivity index (χ0v) is 39.2. The molecule has 0 aliphatic carbocycles. The van der Waals surface area contributed by atoms with Gasteiger partial charge in [-0.25, -0.2) is 0 Å². The summed E-state index contributed by atoms with van der Waals surface area (Å²) in [5.41, 5.74) is 2.39. The third-order valence-corrected chi connectivity index (χ3v) is 12.8. The highest BCUT2D eigenvalue weighted by Crippen LogP contribution is 2.42. The number of carbonyl (C=O) groups excluding carboxylic acids is 2. The Morgan fingerprint density at radius 1 is 0.724 bits per heavy atom. The molecule has 0 aromatic heterocycles. The number of rotatable bonds is 19. The van der Waals surface area contributed by atoms with Crippen LogP contribution in [0.15, 0.2) is 107 Å². The summed E-state index contributed by atoms with van der Waals surface area (Å²) in [6.07, 6.45) is 13.6. The first-order valence-corrected chi connectivity index (χ1v) is 20.8. The maximum Gasteiger partial charge on any atom is 0.193 e. The second kappa shape index (κ2) is 20.0. The maximum absolute atomic E-state index is 14.0. The Balaban J connectivity index is 2.33. The van der Waals surface area contributed by atoms with Crippen molar-refractivity contribution in [2.24, 2.45) is 10.8 Å². The average molecular weight is 791 g/mol. The molecule has 5 heteroatoms. The van der Waals surface area contributed by atoms with Crippen LogP contribution in [-0.2, 0) is 19.7 Å². The normalized spacial score (nSPS) is 14.3. The highest BCUT2D eigenvalue weighted by atomic mass is 16.5. The fraction of sp³-hybridized carbons (Fsp3) is 0.509. The number of carbonyl (C=O) groups is 2. The second-order valence-electron chi connectivity index (χ2n) is 18.6. The zero-order chi connectivity index (χ0) is 44.3. The standard InChI is InChI=1S/C53H74O5/c1-19-23-25-44(57-51(12,13)48(5,6)7)35-29-38(21-3)46(54)39(24-20-2)26-32-42(22-4)49(8,9)53(16,17)58-45-36-30-41(31-37-45)47(55)40-27-33-43(34-28-40)50(10,11)52(14,15)56-18/h22,24,26-37H,20-21,25H2,1-18H3/b32-26-,38-29+,39-24+,42-22+,44-35+. The SMILES string of the molecule is CC#CC/C(=C\C=C(/CC)C(=O)C(/C=C\C(=C/C)C(C)(C)C(C)(C)Oc1ccc(C(=O)c2ccc(C(C)(C)C(C)(C)OC)cc2)cc1)=C/CC)OC(C)(C)C(C)(C)C. The quantitative estimate of drug-likeness (QED) is 0.0466. The number of hydrogen-bond acceptors (Lipinski definition) is 5. The molecule has 0 aliphatic rings. The van der Waals surface area contributed by atoms with E-state index < -0.39 is 16.6 Å². The Morgan fingerprint density at radius 3 is 1.74 bits per heavy atom. The van der Waals surface area contributed by atoms with Crippen molar-refractivity contribution in [3.8, 4) is 17.6 Å². The van der Waals surface area contributed by atoms with E-state index in [9.17, 15) is 9.59 Å². The Labute approximate surface area is 353 Å². The smallest absolute Gasteiger partial charge is 0.193 e. The number of Topliss-reactive ketones (excluding diaryl/α,β-unsaturated/α-hetero) is 1. The molecule has 0 spiro atoms. The molecule has 0 saturated carbocycles. The molecule has 0 bridgehead atoms. The Bertz CT molecular complexity index is 1930. The lowest BCUT2D eigenvalue weighted by Gasteiger charge is -2.42. The minimum absolute atomic E-state index is 0.0129. The summed E-state index contributed by atoms with van der Waals surface area (Å²) >= 11 is 0. The predicted molar refractivity (Wildman–Crippen MR) is 244 cm³/mol. The fourth-order valence-corrected chi connectivity index (χ4v) is 6.07. The molecule has 0 saturated heterocycles. The first-order valence-electron chi connectivity index (χ1n) is 20.8. The first-order chi connectivity index (χ1) is 26.8. The molecule has 58 heavy (non-hydrogen) atoms. The summed E-state index contributed by atoms with van der Waals surface area (Å²) in [6, 6.07) is 15.2. The molecule has 0 heterocycles. The van der Waals surface area contributed by atoms with Gasteiger partial charge in [-0.3, -0.25) is 9.59 Å². The first kappa shape index (κ1) is 49.7. The molecule has 2 rings (SSSR count). The molecule has 0 N–H and O–H groups in total. The monoisotopic (exact) mass is 791 g/mol. The van der Waals surface area contributed by atoms with E-state index >= 15 is 0 Å². The van der Waals surface area contributed by atoms with E-state index in [4.69, 9.17) is 14.2 Å². The lowest BCUT2D eigenvalue weighted by atomic mass is 9.70. The zero-order valence-electron chi connectivity index (χ0n) is 39.2. The topological polar surface area (TPSA) is 61.8 Å². The van der Waals surface area contributed by atoms with Crippen LogP contribution >= 0.6 is 0 Å². The molecule has 5 nitrogen and oxygen atoms in total. The molecule has 0 aliphatic heterocycles. The van der Waals surface area contributed by atoms with E-state index in [2.05, 4.69) is 108 Å². The molecular formula is C53H74O5. The van der Waals surface area contributed by atoms with Crippen molar-refractivity contribution >= 4 is 11.6 Å². The second-order valence-corrected chi connectivity index (χ2v) is 18.6. The van der Waals surface area contributed by atoms with Gasteiger partial charge in [0, 0.05) is 40.1 Å². The fourth-order valence-electron chi connectivity index (χ4n) is 6.07. The molecule has 0 unspecified atom stereocenters. The minimum atomic E-state index is -0.667. The van der Waals surface area contributed by atoms with Gasteiger partial charge in [0.05, 0.1) is 12.0 Å². The van der Waals surface area contributed by atoms with Crippen LogP contribution in [0.5, 0.6) is 5.75 Å². The van der Waals surface area contributed by atoms with Gasteiger partial charge >= 0.3 is 0 Å². The van der Waals surface area contributed by atoms with Gasteiger partial charge in [0.2, 0.25) is 0 Å². The van der Waals surface area contributed by atoms with Crippen molar-refractivity contribution in [1.29, 1.82) is 0 Å². The number of hydrogen-bond donors (Lipinski definition) is 0. The summed E-state index contributed by atoms with van der Waals surface area (Å²) in [5, 5.41) is 0.